The van der Waals surface area contributed by atoms with Gasteiger partial charge in [-0.3, -0.25) is 4.79 Å². The Morgan fingerprint density at radius 3 is 2.00 bits per heavy atom. The lowest BCUT2D eigenvalue weighted by Gasteiger charge is -2.22. The molecule has 5 heteroatoms. The zero-order chi connectivity index (χ0) is 13.5. The molecule has 17 heavy (non-hydrogen) atoms. The van der Waals surface area contributed by atoms with Crippen molar-refractivity contribution in [3.05, 3.63) is 38.0 Å². The molecule has 0 N–H and O–H groups in total. The molecule has 0 saturated carbocycles. The maximum absolute atomic E-state index is 12.0. The topological polar surface area (TPSA) is 54.5 Å². The van der Waals surface area contributed by atoms with Gasteiger partial charge in [0.2, 0.25) is 5.91 Å². The molecular weight excluding hydrogens is 238 g/mol. The van der Waals surface area contributed by atoms with Crippen molar-refractivity contribution in [2.24, 2.45) is 0 Å². The highest BCUT2D eigenvalue weighted by molar-refractivity contribution is 7.92. The van der Waals surface area contributed by atoms with Crippen LogP contribution in [0.25, 0.3) is 0 Å². The molecule has 0 aliphatic rings. The highest BCUT2D eigenvalue weighted by Gasteiger charge is 2.29. The summed E-state index contributed by atoms with van der Waals surface area (Å²) in [7, 11) is -3.47. The van der Waals surface area contributed by atoms with Gasteiger partial charge in [0.05, 0.1) is 5.75 Å². The Balaban J connectivity index is 4.93. The zero-order valence-electron chi connectivity index (χ0n) is 10.1. The standard InChI is InChI=1S/C12H19NO3S/c1-5-8-13(9-6-2)12(14)11(4)17(15,16)10-7-3/h5-7,11H,1-3,8-10H2,4H3. The van der Waals surface area contributed by atoms with Crippen molar-refractivity contribution in [2.75, 3.05) is 18.8 Å². The van der Waals surface area contributed by atoms with E-state index < -0.39 is 21.0 Å². The van der Waals surface area contributed by atoms with Crippen LogP contribution in [0.4, 0.5) is 0 Å². The maximum Gasteiger partial charge on any atom is 0.241 e. The molecular formula is C12H19NO3S. The van der Waals surface area contributed by atoms with E-state index in [2.05, 4.69) is 19.7 Å². The Morgan fingerprint density at radius 2 is 1.65 bits per heavy atom. The molecule has 0 aromatic carbocycles. The third kappa shape index (κ3) is 4.56. The number of amides is 1. The summed E-state index contributed by atoms with van der Waals surface area (Å²) in [4.78, 5) is 13.4. The number of sulfone groups is 1. The second-order valence-corrected chi connectivity index (χ2v) is 5.95. The molecule has 1 atom stereocenters. The van der Waals surface area contributed by atoms with Gasteiger partial charge in [-0.25, -0.2) is 8.42 Å². The van der Waals surface area contributed by atoms with Crippen molar-refractivity contribution >= 4 is 15.7 Å². The summed E-state index contributed by atoms with van der Waals surface area (Å²) in [5.74, 6) is -0.637. The van der Waals surface area contributed by atoms with Crippen LogP contribution >= 0.6 is 0 Å². The van der Waals surface area contributed by atoms with Crippen molar-refractivity contribution in [1.82, 2.24) is 4.90 Å². The van der Waals surface area contributed by atoms with E-state index in [1.165, 1.54) is 17.9 Å². The molecule has 0 spiro atoms. The van der Waals surface area contributed by atoms with Crippen LogP contribution in [0.1, 0.15) is 6.92 Å². The van der Waals surface area contributed by atoms with Gasteiger partial charge in [-0.05, 0) is 6.92 Å². The van der Waals surface area contributed by atoms with Gasteiger partial charge in [0.25, 0.3) is 0 Å². The second kappa shape index (κ2) is 7.06. The summed E-state index contributed by atoms with van der Waals surface area (Å²) in [6.07, 6.45) is 4.38. The highest BCUT2D eigenvalue weighted by atomic mass is 32.2. The molecule has 0 aromatic rings. The monoisotopic (exact) mass is 257 g/mol. The van der Waals surface area contributed by atoms with Crippen LogP contribution in [-0.4, -0.2) is 43.3 Å². The third-order valence-corrected chi connectivity index (χ3v) is 4.23. The summed E-state index contributed by atoms with van der Waals surface area (Å²) in [5.41, 5.74) is 0. The highest BCUT2D eigenvalue weighted by Crippen LogP contribution is 2.07. The fourth-order valence-electron chi connectivity index (χ4n) is 1.29. The van der Waals surface area contributed by atoms with Gasteiger partial charge in [-0.2, -0.15) is 0 Å². The predicted octanol–water partition coefficient (Wildman–Crippen LogP) is 1.18. The number of nitrogens with zero attached hydrogens (tertiary/aromatic N) is 1. The number of carbonyl (C=O) groups excluding carboxylic acids is 1. The van der Waals surface area contributed by atoms with E-state index >= 15 is 0 Å². The van der Waals surface area contributed by atoms with Gasteiger partial charge in [0, 0.05) is 13.1 Å². The molecule has 0 aromatic heterocycles. The molecule has 0 heterocycles. The van der Waals surface area contributed by atoms with Crippen LogP contribution in [0.3, 0.4) is 0 Å². The van der Waals surface area contributed by atoms with E-state index in [9.17, 15) is 13.2 Å². The molecule has 0 fully saturated rings. The van der Waals surface area contributed by atoms with Crippen LogP contribution in [0.2, 0.25) is 0 Å². The molecule has 1 unspecified atom stereocenters. The Kier molecular flexibility index (Phi) is 6.50. The van der Waals surface area contributed by atoms with Gasteiger partial charge in [0.1, 0.15) is 5.25 Å². The van der Waals surface area contributed by atoms with Crippen LogP contribution in [0.5, 0.6) is 0 Å². The van der Waals surface area contributed by atoms with Gasteiger partial charge >= 0.3 is 0 Å². The fourth-order valence-corrected chi connectivity index (χ4v) is 2.36. The SMILES string of the molecule is C=CCN(CC=C)C(=O)C(C)S(=O)(=O)CC=C. The first kappa shape index (κ1) is 15.6. The van der Waals surface area contributed by atoms with Crippen LogP contribution in [0, 0.1) is 0 Å². The molecule has 0 bridgehead atoms. The normalized spacial score (nSPS) is 12.5. The number of hydrogen-bond donors (Lipinski definition) is 0. The Morgan fingerprint density at radius 1 is 1.18 bits per heavy atom. The van der Waals surface area contributed by atoms with Gasteiger partial charge < -0.3 is 4.90 Å². The Hall–Kier alpha value is -1.36. The van der Waals surface area contributed by atoms with E-state index in [1.54, 1.807) is 12.2 Å². The molecule has 1 amide bonds. The van der Waals surface area contributed by atoms with Gasteiger partial charge in [-0.1, -0.05) is 18.2 Å². The Bertz CT molecular complexity index is 388. The Labute approximate surface area is 103 Å². The average molecular weight is 257 g/mol. The number of carbonyl (C=O) groups is 1. The molecule has 0 aliphatic heterocycles. The van der Waals surface area contributed by atoms with Gasteiger partial charge in [0.15, 0.2) is 9.84 Å². The van der Waals surface area contributed by atoms with Crippen molar-refractivity contribution in [1.29, 1.82) is 0 Å². The molecule has 0 radical (unpaired) electrons. The zero-order valence-corrected chi connectivity index (χ0v) is 10.9. The van der Waals surface area contributed by atoms with Crippen molar-refractivity contribution in [3.63, 3.8) is 0 Å². The number of hydrogen-bond acceptors (Lipinski definition) is 3. The quantitative estimate of drug-likeness (QED) is 0.613. The summed E-state index contributed by atoms with van der Waals surface area (Å²) in [6.45, 7) is 12.4. The lowest BCUT2D eigenvalue weighted by atomic mass is 10.3. The van der Waals surface area contributed by atoms with Crippen LogP contribution in [0.15, 0.2) is 38.0 Å². The van der Waals surface area contributed by atoms with Crippen molar-refractivity contribution in [3.8, 4) is 0 Å². The minimum absolute atomic E-state index is 0.198. The summed E-state index contributed by atoms with van der Waals surface area (Å²) in [5, 5.41) is -1.07. The van der Waals surface area contributed by atoms with E-state index in [1.807, 2.05) is 0 Å². The molecule has 0 rings (SSSR count). The molecule has 96 valence electrons. The minimum atomic E-state index is -3.47. The molecule has 0 aliphatic carbocycles. The third-order valence-electron chi connectivity index (χ3n) is 2.25. The first-order chi connectivity index (χ1) is 7.90. The summed E-state index contributed by atoms with van der Waals surface area (Å²) in [6, 6.07) is 0. The van der Waals surface area contributed by atoms with E-state index in [-0.39, 0.29) is 5.75 Å². The first-order valence-electron chi connectivity index (χ1n) is 5.23. The smallest absolute Gasteiger partial charge is 0.241 e. The van der Waals surface area contributed by atoms with E-state index in [0.29, 0.717) is 13.1 Å². The largest absolute Gasteiger partial charge is 0.334 e. The van der Waals surface area contributed by atoms with Crippen LogP contribution in [-0.2, 0) is 14.6 Å². The van der Waals surface area contributed by atoms with Crippen molar-refractivity contribution < 1.29 is 13.2 Å². The minimum Gasteiger partial charge on any atom is -0.334 e. The van der Waals surface area contributed by atoms with E-state index in [0.717, 1.165) is 0 Å². The van der Waals surface area contributed by atoms with Gasteiger partial charge in [-0.15, -0.1) is 19.7 Å². The molecule has 4 nitrogen and oxygen atoms in total. The second-order valence-electron chi connectivity index (χ2n) is 3.58. The lowest BCUT2D eigenvalue weighted by Crippen LogP contribution is -2.42. The number of rotatable bonds is 8. The molecule has 0 saturated heterocycles. The van der Waals surface area contributed by atoms with Crippen molar-refractivity contribution in [2.45, 2.75) is 12.2 Å². The predicted molar refractivity (Wildman–Crippen MR) is 70.4 cm³/mol. The summed E-state index contributed by atoms with van der Waals surface area (Å²) < 4.78 is 23.4. The maximum atomic E-state index is 12.0. The first-order valence-corrected chi connectivity index (χ1v) is 6.95. The fraction of sp³-hybridized carbons (Fsp3) is 0.417. The summed E-state index contributed by atoms with van der Waals surface area (Å²) >= 11 is 0. The average Bonchev–Trinajstić information content (AvgIpc) is 2.26. The van der Waals surface area contributed by atoms with E-state index in [4.69, 9.17) is 0 Å². The van der Waals surface area contributed by atoms with Crippen LogP contribution < -0.4 is 0 Å². The lowest BCUT2D eigenvalue weighted by molar-refractivity contribution is -0.129.